The standard InChI is InChI=1S/C18H22N4O5S/c1-12-15(17(24)21-18(25)20-12)28(26,27)22-9-5-8-14(11-22)16(23)19-10-13-6-3-2-4-7-13/h2-4,6-7,14H,5,8-11H2,1H3,(H,19,23)(H2,20,21,24,25). The quantitative estimate of drug-likeness (QED) is 0.647. The summed E-state index contributed by atoms with van der Waals surface area (Å²) in [5.41, 5.74) is -0.800. The van der Waals surface area contributed by atoms with E-state index in [1.807, 2.05) is 35.3 Å². The summed E-state index contributed by atoms with van der Waals surface area (Å²) in [5, 5.41) is 2.83. The zero-order valence-electron chi connectivity index (χ0n) is 15.4. The van der Waals surface area contributed by atoms with Crippen LogP contribution in [0.1, 0.15) is 24.1 Å². The summed E-state index contributed by atoms with van der Waals surface area (Å²) in [6, 6.07) is 9.42. The van der Waals surface area contributed by atoms with Gasteiger partial charge < -0.3 is 10.3 Å². The van der Waals surface area contributed by atoms with Crippen LogP contribution in [0.5, 0.6) is 0 Å². The highest BCUT2D eigenvalue weighted by Gasteiger charge is 2.35. The van der Waals surface area contributed by atoms with Gasteiger partial charge in [0, 0.05) is 25.3 Å². The first-order valence-corrected chi connectivity index (χ1v) is 10.4. The Bertz CT molecular complexity index is 1080. The SMILES string of the molecule is Cc1[nH]c(=O)[nH]c(=O)c1S(=O)(=O)N1CCCC(C(=O)NCc2ccccc2)C1. The summed E-state index contributed by atoms with van der Waals surface area (Å²) in [7, 11) is -4.13. The van der Waals surface area contributed by atoms with Gasteiger partial charge in [0.2, 0.25) is 15.9 Å². The summed E-state index contributed by atoms with van der Waals surface area (Å²) in [4.78, 5) is 39.7. The van der Waals surface area contributed by atoms with E-state index in [9.17, 15) is 22.8 Å². The first-order valence-electron chi connectivity index (χ1n) is 8.94. The van der Waals surface area contributed by atoms with Crippen LogP contribution in [-0.4, -0.2) is 41.7 Å². The van der Waals surface area contributed by atoms with Crippen LogP contribution in [0, 0.1) is 12.8 Å². The lowest BCUT2D eigenvalue weighted by molar-refractivity contribution is -0.126. The van der Waals surface area contributed by atoms with E-state index in [0.29, 0.717) is 19.4 Å². The fraction of sp³-hybridized carbons (Fsp3) is 0.389. The van der Waals surface area contributed by atoms with Gasteiger partial charge in [-0.05, 0) is 25.3 Å². The Morgan fingerprint density at radius 2 is 1.93 bits per heavy atom. The lowest BCUT2D eigenvalue weighted by Crippen LogP contribution is -2.46. The largest absolute Gasteiger partial charge is 0.352 e. The van der Waals surface area contributed by atoms with E-state index in [1.165, 1.54) is 6.92 Å². The maximum atomic E-state index is 12.9. The number of benzene rings is 1. The van der Waals surface area contributed by atoms with Crippen molar-refractivity contribution in [2.75, 3.05) is 13.1 Å². The summed E-state index contributed by atoms with van der Waals surface area (Å²) in [6.07, 6.45) is 1.07. The fourth-order valence-corrected chi connectivity index (χ4v) is 5.06. The summed E-state index contributed by atoms with van der Waals surface area (Å²) in [5.74, 6) is -0.731. The Balaban J connectivity index is 1.74. The van der Waals surface area contributed by atoms with E-state index in [-0.39, 0.29) is 24.7 Å². The first kappa shape index (κ1) is 20.0. The minimum Gasteiger partial charge on any atom is -0.352 e. The van der Waals surface area contributed by atoms with Gasteiger partial charge in [-0.25, -0.2) is 13.2 Å². The minimum absolute atomic E-state index is 0.0129. The van der Waals surface area contributed by atoms with E-state index < -0.39 is 32.1 Å². The monoisotopic (exact) mass is 406 g/mol. The van der Waals surface area contributed by atoms with Crippen LogP contribution in [-0.2, 0) is 21.4 Å². The molecule has 150 valence electrons. The molecule has 2 heterocycles. The first-order chi connectivity index (χ1) is 13.3. The molecule has 1 amide bonds. The Labute approximate surface area is 161 Å². The molecule has 1 aliphatic rings. The molecule has 0 radical (unpaired) electrons. The van der Waals surface area contributed by atoms with Crippen LogP contribution in [0.2, 0.25) is 0 Å². The van der Waals surface area contributed by atoms with Gasteiger partial charge in [-0.3, -0.25) is 14.6 Å². The predicted molar refractivity (Wildman–Crippen MR) is 102 cm³/mol. The number of carbonyl (C=O) groups excluding carboxylic acids is 1. The Kier molecular flexibility index (Phi) is 5.80. The lowest BCUT2D eigenvalue weighted by Gasteiger charge is -2.31. The molecule has 1 aromatic carbocycles. The molecule has 1 atom stereocenters. The second-order valence-electron chi connectivity index (χ2n) is 6.77. The summed E-state index contributed by atoms with van der Waals surface area (Å²) >= 11 is 0. The van der Waals surface area contributed by atoms with Crippen LogP contribution >= 0.6 is 0 Å². The number of aromatic nitrogens is 2. The number of H-pyrrole nitrogens is 2. The molecule has 0 bridgehead atoms. The van der Waals surface area contributed by atoms with Crippen LogP contribution in [0.25, 0.3) is 0 Å². The normalized spacial score (nSPS) is 18.0. The molecule has 1 unspecified atom stereocenters. The number of piperidine rings is 1. The highest BCUT2D eigenvalue weighted by molar-refractivity contribution is 7.89. The number of sulfonamides is 1. The van der Waals surface area contributed by atoms with Crippen LogP contribution in [0.15, 0.2) is 44.8 Å². The summed E-state index contributed by atoms with van der Waals surface area (Å²) < 4.78 is 27.0. The molecule has 1 aliphatic heterocycles. The second kappa shape index (κ2) is 8.11. The van der Waals surface area contributed by atoms with Crippen molar-refractivity contribution in [2.45, 2.75) is 31.2 Å². The molecule has 3 rings (SSSR count). The van der Waals surface area contributed by atoms with Crippen LogP contribution in [0.4, 0.5) is 0 Å². The van der Waals surface area contributed by atoms with Gasteiger partial charge in [-0.1, -0.05) is 30.3 Å². The van der Waals surface area contributed by atoms with Crippen molar-refractivity contribution in [3.63, 3.8) is 0 Å². The number of hydrogen-bond donors (Lipinski definition) is 3. The van der Waals surface area contributed by atoms with E-state index in [0.717, 1.165) is 9.87 Å². The average molecular weight is 406 g/mol. The molecule has 2 aromatic rings. The maximum Gasteiger partial charge on any atom is 0.325 e. The minimum atomic E-state index is -4.13. The van der Waals surface area contributed by atoms with E-state index in [2.05, 4.69) is 10.3 Å². The van der Waals surface area contributed by atoms with Gasteiger partial charge in [-0.2, -0.15) is 4.31 Å². The Morgan fingerprint density at radius 3 is 2.61 bits per heavy atom. The topological polar surface area (TPSA) is 132 Å². The van der Waals surface area contributed by atoms with Crippen molar-refractivity contribution in [1.82, 2.24) is 19.6 Å². The number of hydrogen-bond acceptors (Lipinski definition) is 5. The zero-order valence-corrected chi connectivity index (χ0v) is 16.2. The number of aryl methyl sites for hydroxylation is 1. The van der Waals surface area contributed by atoms with E-state index in [1.54, 1.807) is 0 Å². The van der Waals surface area contributed by atoms with Gasteiger partial charge in [0.1, 0.15) is 0 Å². The molecule has 1 fully saturated rings. The van der Waals surface area contributed by atoms with Gasteiger partial charge in [0.05, 0.1) is 5.92 Å². The number of nitrogens with one attached hydrogen (secondary N) is 3. The molecule has 1 aromatic heterocycles. The number of aromatic amines is 2. The maximum absolute atomic E-state index is 12.9. The number of carbonyl (C=O) groups is 1. The van der Waals surface area contributed by atoms with Crippen LogP contribution < -0.4 is 16.6 Å². The predicted octanol–water partition coefficient (Wildman–Crippen LogP) is 0.0887. The smallest absolute Gasteiger partial charge is 0.325 e. The number of amides is 1. The highest BCUT2D eigenvalue weighted by atomic mass is 32.2. The van der Waals surface area contributed by atoms with Crippen molar-refractivity contribution in [2.24, 2.45) is 5.92 Å². The average Bonchev–Trinajstić information content (AvgIpc) is 2.66. The number of nitrogens with zero attached hydrogens (tertiary/aromatic N) is 1. The molecule has 9 nitrogen and oxygen atoms in total. The lowest BCUT2D eigenvalue weighted by atomic mass is 9.99. The van der Waals surface area contributed by atoms with E-state index in [4.69, 9.17) is 0 Å². The Morgan fingerprint density at radius 1 is 1.21 bits per heavy atom. The summed E-state index contributed by atoms with van der Waals surface area (Å²) in [6.45, 7) is 1.92. The highest BCUT2D eigenvalue weighted by Crippen LogP contribution is 2.23. The molecule has 28 heavy (non-hydrogen) atoms. The van der Waals surface area contributed by atoms with E-state index >= 15 is 0 Å². The van der Waals surface area contributed by atoms with Crippen molar-refractivity contribution in [3.8, 4) is 0 Å². The van der Waals surface area contributed by atoms with Gasteiger partial charge in [-0.15, -0.1) is 0 Å². The van der Waals surface area contributed by atoms with Gasteiger partial charge in [0.15, 0.2) is 4.90 Å². The second-order valence-corrected chi connectivity index (χ2v) is 8.64. The molecular formula is C18H22N4O5S. The molecule has 10 heteroatoms. The molecule has 1 saturated heterocycles. The molecule has 3 N–H and O–H groups in total. The fourth-order valence-electron chi connectivity index (χ4n) is 3.33. The molecule has 0 saturated carbocycles. The Hall–Kier alpha value is -2.72. The molecule has 0 aliphatic carbocycles. The van der Waals surface area contributed by atoms with Crippen molar-refractivity contribution in [1.29, 1.82) is 0 Å². The molecular weight excluding hydrogens is 384 g/mol. The third-order valence-electron chi connectivity index (χ3n) is 4.74. The third-order valence-corrected chi connectivity index (χ3v) is 6.76. The zero-order chi connectivity index (χ0) is 20.3. The number of rotatable bonds is 5. The van der Waals surface area contributed by atoms with Crippen molar-refractivity contribution in [3.05, 3.63) is 62.4 Å². The molecule has 0 spiro atoms. The van der Waals surface area contributed by atoms with Gasteiger partial charge in [0.25, 0.3) is 5.56 Å². The van der Waals surface area contributed by atoms with Crippen LogP contribution in [0.3, 0.4) is 0 Å². The van der Waals surface area contributed by atoms with Crippen molar-refractivity contribution < 1.29 is 13.2 Å². The van der Waals surface area contributed by atoms with Gasteiger partial charge >= 0.3 is 5.69 Å². The third kappa shape index (κ3) is 4.23. The van der Waals surface area contributed by atoms with Crippen molar-refractivity contribution >= 4 is 15.9 Å².